The Morgan fingerprint density at radius 1 is 1.12 bits per heavy atom. The molecule has 0 aliphatic carbocycles. The van der Waals surface area contributed by atoms with Crippen molar-refractivity contribution in [3.05, 3.63) is 47.4 Å². The van der Waals surface area contributed by atoms with Gasteiger partial charge in [-0.15, -0.1) is 0 Å². The maximum Gasteiger partial charge on any atom is 0.195 e. The molecule has 0 saturated carbocycles. The predicted molar refractivity (Wildman–Crippen MR) is 58.7 cm³/mol. The van der Waals surface area contributed by atoms with E-state index in [0.29, 0.717) is 11.3 Å². The molecule has 2 nitrogen and oxygen atoms in total. The largest absolute Gasteiger partial charge is 0.397 e. The van der Waals surface area contributed by atoms with Crippen LogP contribution in [0.15, 0.2) is 24.4 Å². The number of aryl methyl sites for hydroxylation is 1. The van der Waals surface area contributed by atoms with Crippen molar-refractivity contribution < 1.29 is 13.2 Å². The van der Waals surface area contributed by atoms with Gasteiger partial charge in [0.25, 0.3) is 0 Å². The fourth-order valence-corrected chi connectivity index (χ4v) is 1.59. The van der Waals surface area contributed by atoms with Gasteiger partial charge in [-0.1, -0.05) is 0 Å². The molecule has 17 heavy (non-hydrogen) atoms. The van der Waals surface area contributed by atoms with Gasteiger partial charge in [0.15, 0.2) is 17.5 Å². The van der Waals surface area contributed by atoms with Crippen LogP contribution in [-0.2, 0) is 0 Å². The highest BCUT2D eigenvalue weighted by Gasteiger charge is 2.16. The molecular formula is C12H9F3N2. The molecule has 1 aromatic carbocycles. The summed E-state index contributed by atoms with van der Waals surface area (Å²) in [6, 6.07) is 3.60. The summed E-state index contributed by atoms with van der Waals surface area (Å²) in [6.07, 6.45) is 1.34. The van der Waals surface area contributed by atoms with Crippen molar-refractivity contribution in [2.45, 2.75) is 6.92 Å². The van der Waals surface area contributed by atoms with Gasteiger partial charge in [0.05, 0.1) is 17.6 Å². The molecule has 0 atom stereocenters. The third kappa shape index (κ3) is 1.95. The lowest BCUT2D eigenvalue weighted by atomic mass is 10.1. The number of aromatic nitrogens is 1. The minimum Gasteiger partial charge on any atom is -0.397 e. The number of benzene rings is 1. The molecule has 0 radical (unpaired) electrons. The Bertz CT molecular complexity index is 582. The molecule has 0 aliphatic rings. The van der Waals surface area contributed by atoms with Crippen LogP contribution >= 0.6 is 0 Å². The number of anilines is 1. The van der Waals surface area contributed by atoms with E-state index in [1.54, 1.807) is 13.0 Å². The van der Waals surface area contributed by atoms with E-state index in [1.807, 2.05) is 0 Å². The maximum absolute atomic E-state index is 13.5. The highest BCUT2D eigenvalue weighted by Crippen LogP contribution is 2.27. The van der Waals surface area contributed by atoms with E-state index < -0.39 is 17.5 Å². The molecule has 0 bridgehead atoms. The number of rotatable bonds is 1. The van der Waals surface area contributed by atoms with E-state index in [-0.39, 0.29) is 11.3 Å². The summed E-state index contributed by atoms with van der Waals surface area (Å²) < 4.78 is 39.4. The number of halogens is 3. The number of nitrogens with zero attached hydrogens (tertiary/aromatic N) is 1. The molecule has 2 N–H and O–H groups in total. The Morgan fingerprint density at radius 3 is 2.47 bits per heavy atom. The Hall–Kier alpha value is -2.04. The molecule has 5 heteroatoms. The summed E-state index contributed by atoms with van der Waals surface area (Å²) in [6.45, 7) is 1.67. The van der Waals surface area contributed by atoms with Gasteiger partial charge in [-0.05, 0) is 30.7 Å². The highest BCUT2D eigenvalue weighted by atomic mass is 19.2. The van der Waals surface area contributed by atoms with Crippen LogP contribution < -0.4 is 5.73 Å². The minimum absolute atomic E-state index is 0.0820. The van der Waals surface area contributed by atoms with Crippen molar-refractivity contribution >= 4 is 5.69 Å². The van der Waals surface area contributed by atoms with Gasteiger partial charge < -0.3 is 5.73 Å². The van der Waals surface area contributed by atoms with E-state index >= 15 is 0 Å². The third-order valence-electron chi connectivity index (χ3n) is 2.39. The van der Waals surface area contributed by atoms with Crippen molar-refractivity contribution in [3.63, 3.8) is 0 Å². The predicted octanol–water partition coefficient (Wildman–Crippen LogP) is 3.06. The minimum atomic E-state index is -1.50. The van der Waals surface area contributed by atoms with E-state index in [4.69, 9.17) is 5.73 Å². The fraction of sp³-hybridized carbons (Fsp3) is 0.0833. The average molecular weight is 238 g/mol. The summed E-state index contributed by atoms with van der Waals surface area (Å²) in [5.41, 5.74) is 6.69. The maximum atomic E-state index is 13.5. The number of nitrogen functional groups attached to an aromatic ring is 1. The second-order valence-corrected chi connectivity index (χ2v) is 3.66. The number of hydrogen-bond donors (Lipinski definition) is 1. The summed E-state index contributed by atoms with van der Waals surface area (Å²) >= 11 is 0. The molecule has 2 aromatic rings. The monoisotopic (exact) mass is 238 g/mol. The standard InChI is InChI=1S/C12H9F3N2/c1-6-4-7(16)5-17-12(6)8-2-3-9(13)11(15)10(8)14/h2-5H,16H2,1H3. The van der Waals surface area contributed by atoms with Crippen molar-refractivity contribution in [2.24, 2.45) is 0 Å². The van der Waals surface area contributed by atoms with Gasteiger partial charge in [-0.25, -0.2) is 13.2 Å². The molecule has 2 rings (SSSR count). The molecule has 88 valence electrons. The molecule has 0 aliphatic heterocycles. The quantitative estimate of drug-likeness (QED) is 0.775. The van der Waals surface area contributed by atoms with Crippen LogP contribution in [0.1, 0.15) is 5.56 Å². The van der Waals surface area contributed by atoms with Crippen LogP contribution in [0.2, 0.25) is 0 Å². The third-order valence-corrected chi connectivity index (χ3v) is 2.39. The fourth-order valence-electron chi connectivity index (χ4n) is 1.59. The molecule has 0 spiro atoms. The normalized spacial score (nSPS) is 10.6. The first-order valence-corrected chi connectivity index (χ1v) is 4.86. The molecule has 1 heterocycles. The van der Waals surface area contributed by atoms with Gasteiger partial charge in [0, 0.05) is 5.56 Å². The van der Waals surface area contributed by atoms with Gasteiger partial charge in [0.2, 0.25) is 0 Å². The first kappa shape index (κ1) is 11.4. The lowest BCUT2D eigenvalue weighted by Gasteiger charge is -2.07. The SMILES string of the molecule is Cc1cc(N)cnc1-c1ccc(F)c(F)c1F. The Labute approximate surface area is 95.9 Å². The van der Waals surface area contributed by atoms with Crippen molar-refractivity contribution in [1.82, 2.24) is 4.98 Å². The van der Waals surface area contributed by atoms with E-state index in [1.165, 1.54) is 6.20 Å². The van der Waals surface area contributed by atoms with E-state index in [9.17, 15) is 13.2 Å². The van der Waals surface area contributed by atoms with Gasteiger partial charge in [-0.3, -0.25) is 4.98 Å². The smallest absolute Gasteiger partial charge is 0.195 e. The molecule has 0 saturated heterocycles. The number of hydrogen-bond acceptors (Lipinski definition) is 2. The topological polar surface area (TPSA) is 38.9 Å². The molecular weight excluding hydrogens is 229 g/mol. The van der Waals surface area contributed by atoms with Crippen molar-refractivity contribution in [1.29, 1.82) is 0 Å². The highest BCUT2D eigenvalue weighted by molar-refractivity contribution is 5.65. The number of nitrogens with two attached hydrogens (primary N) is 1. The summed E-state index contributed by atoms with van der Waals surface area (Å²) in [4.78, 5) is 3.93. The summed E-state index contributed by atoms with van der Waals surface area (Å²) in [5.74, 6) is -3.97. The first-order valence-electron chi connectivity index (χ1n) is 4.86. The summed E-state index contributed by atoms with van der Waals surface area (Å²) in [7, 11) is 0. The van der Waals surface area contributed by atoms with Crippen LogP contribution in [0.4, 0.5) is 18.9 Å². The van der Waals surface area contributed by atoms with Crippen LogP contribution in [0.25, 0.3) is 11.3 Å². The van der Waals surface area contributed by atoms with Crippen LogP contribution in [0, 0.1) is 24.4 Å². The van der Waals surface area contributed by atoms with Crippen molar-refractivity contribution in [2.75, 3.05) is 5.73 Å². The van der Waals surface area contributed by atoms with E-state index in [2.05, 4.69) is 4.98 Å². The summed E-state index contributed by atoms with van der Waals surface area (Å²) in [5, 5.41) is 0. The van der Waals surface area contributed by atoms with Gasteiger partial charge in [-0.2, -0.15) is 0 Å². The first-order chi connectivity index (χ1) is 8.00. The van der Waals surface area contributed by atoms with Gasteiger partial charge >= 0.3 is 0 Å². The molecule has 0 unspecified atom stereocenters. The second-order valence-electron chi connectivity index (χ2n) is 3.66. The Kier molecular flexibility index (Phi) is 2.75. The lowest BCUT2D eigenvalue weighted by molar-refractivity contribution is 0.449. The zero-order chi connectivity index (χ0) is 12.6. The molecule has 0 amide bonds. The number of pyridine rings is 1. The Balaban J connectivity index is 2.65. The zero-order valence-corrected chi connectivity index (χ0v) is 8.97. The Morgan fingerprint density at radius 2 is 1.82 bits per heavy atom. The van der Waals surface area contributed by atoms with Crippen LogP contribution in [0.5, 0.6) is 0 Å². The average Bonchev–Trinajstić information content (AvgIpc) is 2.28. The van der Waals surface area contributed by atoms with E-state index in [0.717, 1.165) is 12.1 Å². The zero-order valence-electron chi connectivity index (χ0n) is 8.97. The van der Waals surface area contributed by atoms with Crippen LogP contribution in [0.3, 0.4) is 0 Å². The van der Waals surface area contributed by atoms with Crippen molar-refractivity contribution in [3.8, 4) is 11.3 Å². The molecule has 1 aromatic heterocycles. The molecule has 0 fully saturated rings. The lowest BCUT2D eigenvalue weighted by Crippen LogP contribution is -1.98. The second kappa shape index (κ2) is 4.08. The van der Waals surface area contributed by atoms with Gasteiger partial charge in [0.1, 0.15) is 0 Å². The van der Waals surface area contributed by atoms with Crippen LogP contribution in [-0.4, -0.2) is 4.98 Å².